The summed E-state index contributed by atoms with van der Waals surface area (Å²) in [6.45, 7) is 3.54. The number of hydrogen-bond donors (Lipinski definition) is 3. The largest absolute Gasteiger partial charge is 0.395 e. The molecule has 8 nitrogen and oxygen atoms in total. The molecule has 1 aromatic carbocycles. The highest BCUT2D eigenvalue weighted by atomic mass is 35.5. The first-order valence-electron chi connectivity index (χ1n) is 9.43. The second-order valence-corrected chi connectivity index (χ2v) is 8.08. The molecule has 2 aromatic heterocycles. The van der Waals surface area contributed by atoms with Gasteiger partial charge in [0, 0.05) is 47.4 Å². The van der Waals surface area contributed by atoms with Crippen molar-refractivity contribution < 1.29 is 9.90 Å². The van der Waals surface area contributed by atoms with Crippen LogP contribution >= 0.6 is 23.2 Å². The molecule has 0 fully saturated rings. The van der Waals surface area contributed by atoms with E-state index < -0.39 is 10.4 Å². The lowest BCUT2D eigenvalue weighted by Gasteiger charge is -2.37. The Labute approximate surface area is 190 Å². The maximum absolute atomic E-state index is 11.9. The Bertz CT molecular complexity index is 1070. The Hall–Kier alpha value is -2.94. The third-order valence-electron chi connectivity index (χ3n) is 4.46. The lowest BCUT2D eigenvalue weighted by molar-refractivity contribution is 0.0999. The number of anilines is 3. The summed E-state index contributed by atoms with van der Waals surface area (Å²) in [5.41, 5.74) is 7.39. The number of rotatable bonds is 8. The number of carbonyl (C=O) groups excluding carboxylic acids is 1. The van der Waals surface area contributed by atoms with Crippen LogP contribution in [0.15, 0.2) is 48.7 Å². The van der Waals surface area contributed by atoms with Crippen LogP contribution in [0.25, 0.3) is 0 Å². The van der Waals surface area contributed by atoms with Gasteiger partial charge in [-0.2, -0.15) is 0 Å². The number of amides is 1. The minimum atomic E-state index is -1.69. The number of aryl methyl sites for hydroxylation is 2. The monoisotopic (exact) mass is 460 g/mol. The van der Waals surface area contributed by atoms with Crippen molar-refractivity contribution in [2.75, 3.05) is 23.4 Å². The number of nitrogens with zero attached hydrogens (tertiary/aromatic N) is 4. The van der Waals surface area contributed by atoms with E-state index in [1.54, 1.807) is 60.5 Å². The fourth-order valence-corrected chi connectivity index (χ4v) is 3.90. The predicted molar refractivity (Wildman–Crippen MR) is 122 cm³/mol. The summed E-state index contributed by atoms with van der Waals surface area (Å²) in [6.07, 6.45) is 1.58. The van der Waals surface area contributed by atoms with Crippen molar-refractivity contribution in [1.29, 1.82) is 0 Å². The molecule has 0 saturated heterocycles. The van der Waals surface area contributed by atoms with Gasteiger partial charge in [0.15, 0.2) is 0 Å². The summed E-state index contributed by atoms with van der Waals surface area (Å²) in [7, 11) is 0. The van der Waals surface area contributed by atoms with Gasteiger partial charge >= 0.3 is 0 Å². The molecule has 3 rings (SSSR count). The summed E-state index contributed by atoms with van der Waals surface area (Å²) >= 11 is 13.5. The van der Waals surface area contributed by atoms with Gasteiger partial charge in [-0.3, -0.25) is 4.79 Å². The van der Waals surface area contributed by atoms with Crippen molar-refractivity contribution in [3.63, 3.8) is 0 Å². The first-order valence-corrected chi connectivity index (χ1v) is 10.2. The van der Waals surface area contributed by atoms with E-state index in [1.807, 2.05) is 6.92 Å². The van der Waals surface area contributed by atoms with E-state index in [0.29, 0.717) is 28.7 Å². The van der Waals surface area contributed by atoms with Gasteiger partial charge in [0.25, 0.3) is 0 Å². The molecule has 0 aliphatic heterocycles. The van der Waals surface area contributed by atoms with Crippen molar-refractivity contribution in [2.24, 2.45) is 5.73 Å². The maximum atomic E-state index is 11.9. The average molecular weight is 461 g/mol. The van der Waals surface area contributed by atoms with Crippen molar-refractivity contribution in [3.05, 3.63) is 71.3 Å². The number of alkyl halides is 2. The van der Waals surface area contributed by atoms with E-state index in [9.17, 15) is 9.90 Å². The first-order chi connectivity index (χ1) is 14.7. The molecule has 0 radical (unpaired) electrons. The lowest BCUT2D eigenvalue weighted by atomic mass is 10.1. The van der Waals surface area contributed by atoms with Crippen LogP contribution < -0.4 is 16.0 Å². The van der Waals surface area contributed by atoms with E-state index in [-0.39, 0.29) is 18.7 Å². The number of halogens is 2. The van der Waals surface area contributed by atoms with Gasteiger partial charge in [-0.1, -0.05) is 41.4 Å². The van der Waals surface area contributed by atoms with Gasteiger partial charge in [0.05, 0.1) is 6.61 Å². The smallest absolute Gasteiger partial charge is 0.249 e. The molecule has 1 amide bonds. The minimum Gasteiger partial charge on any atom is -0.395 e. The second kappa shape index (κ2) is 9.47. The molecule has 0 spiro atoms. The molecule has 0 atom stereocenters. The zero-order valence-corrected chi connectivity index (χ0v) is 18.5. The van der Waals surface area contributed by atoms with Gasteiger partial charge in [0.1, 0.15) is 17.5 Å². The van der Waals surface area contributed by atoms with Crippen molar-refractivity contribution >= 4 is 46.4 Å². The number of carbonyl (C=O) groups is 1. The van der Waals surface area contributed by atoms with Gasteiger partial charge in [0.2, 0.25) is 10.4 Å². The molecule has 4 N–H and O–H groups in total. The first kappa shape index (κ1) is 22.7. The number of nitrogens with two attached hydrogens (primary N) is 1. The number of aromatic nitrogens is 3. The Balaban J connectivity index is 2.00. The molecular formula is C21H22Cl2N6O2. The van der Waals surface area contributed by atoms with Gasteiger partial charge in [-0.15, -0.1) is 0 Å². The Morgan fingerprint density at radius 2 is 1.90 bits per heavy atom. The third kappa shape index (κ3) is 5.22. The number of nitrogens with one attached hydrogen (secondary N) is 1. The van der Waals surface area contributed by atoms with E-state index in [1.165, 1.54) is 0 Å². The number of aliphatic hydroxyl groups excluding tert-OH is 1. The van der Waals surface area contributed by atoms with Gasteiger partial charge < -0.3 is 21.1 Å². The van der Waals surface area contributed by atoms with Crippen LogP contribution in [0.2, 0.25) is 0 Å². The van der Waals surface area contributed by atoms with Crippen molar-refractivity contribution in [2.45, 2.75) is 18.3 Å². The highest BCUT2D eigenvalue weighted by Gasteiger charge is 2.37. The van der Waals surface area contributed by atoms with Crippen LogP contribution in [0.5, 0.6) is 0 Å². The van der Waals surface area contributed by atoms with Crippen LogP contribution in [0.4, 0.5) is 17.3 Å². The molecule has 162 valence electrons. The normalized spacial score (nSPS) is 11.3. The summed E-state index contributed by atoms with van der Waals surface area (Å²) in [6, 6.07) is 11.8. The molecule has 31 heavy (non-hydrogen) atoms. The lowest BCUT2D eigenvalue weighted by Crippen LogP contribution is -2.41. The Kier molecular flexibility index (Phi) is 6.94. The fourth-order valence-electron chi connectivity index (χ4n) is 3.21. The molecule has 0 aliphatic carbocycles. The summed E-state index contributed by atoms with van der Waals surface area (Å²) in [4.78, 5) is 26.4. The zero-order chi connectivity index (χ0) is 22.6. The summed E-state index contributed by atoms with van der Waals surface area (Å²) in [5.74, 6) is 1.05. The van der Waals surface area contributed by atoms with E-state index >= 15 is 0 Å². The van der Waals surface area contributed by atoms with Crippen LogP contribution in [-0.4, -0.2) is 39.1 Å². The SMILES string of the molecule is Cc1cc(Nc2cc(N(CCO)C(Cl)(Cl)c3ccccc3C(N)=O)ccn2)nc(C)n1. The van der Waals surface area contributed by atoms with Gasteiger partial charge in [-0.05, 0) is 26.0 Å². The molecule has 2 heterocycles. The van der Waals surface area contributed by atoms with Crippen molar-refractivity contribution in [3.8, 4) is 0 Å². The van der Waals surface area contributed by atoms with Crippen LogP contribution in [0, 0.1) is 13.8 Å². The van der Waals surface area contributed by atoms with E-state index in [0.717, 1.165) is 5.69 Å². The molecule has 0 aliphatic rings. The number of aliphatic hydroxyl groups is 1. The fraction of sp³-hybridized carbons (Fsp3) is 0.238. The topological polar surface area (TPSA) is 117 Å². The molecule has 10 heteroatoms. The molecule has 0 bridgehead atoms. The number of pyridine rings is 1. The highest BCUT2D eigenvalue weighted by Crippen LogP contribution is 2.42. The second-order valence-electron chi connectivity index (χ2n) is 6.79. The quantitative estimate of drug-likeness (QED) is 0.348. The Morgan fingerprint density at radius 1 is 1.16 bits per heavy atom. The average Bonchev–Trinajstić information content (AvgIpc) is 2.71. The Morgan fingerprint density at radius 3 is 2.58 bits per heavy atom. The molecule has 0 unspecified atom stereocenters. The standard InChI is InChI=1S/C21H22Cl2N6O2/c1-13-11-19(27-14(2)26-13)28-18-12-15(7-8-25-18)29(9-10-30)21(22,23)17-6-4-3-5-16(17)20(24)31/h3-8,11-12,30H,9-10H2,1-2H3,(H2,24,31)(H,25,26,27,28). The van der Waals surface area contributed by atoms with Gasteiger partial charge in [-0.25, -0.2) is 15.0 Å². The molecular weight excluding hydrogens is 439 g/mol. The van der Waals surface area contributed by atoms with Crippen molar-refractivity contribution in [1.82, 2.24) is 15.0 Å². The van der Waals surface area contributed by atoms with Crippen LogP contribution in [0.3, 0.4) is 0 Å². The number of benzene rings is 1. The van der Waals surface area contributed by atoms with Crippen LogP contribution in [-0.2, 0) is 4.46 Å². The summed E-state index contributed by atoms with van der Waals surface area (Å²) in [5, 5.41) is 12.8. The predicted octanol–water partition coefficient (Wildman–Crippen LogP) is 3.42. The minimum absolute atomic E-state index is 0.0925. The zero-order valence-electron chi connectivity index (χ0n) is 17.0. The molecule has 3 aromatic rings. The number of primary amides is 1. The maximum Gasteiger partial charge on any atom is 0.249 e. The van der Waals surface area contributed by atoms with E-state index in [2.05, 4.69) is 20.3 Å². The highest BCUT2D eigenvalue weighted by molar-refractivity contribution is 6.49. The number of hydrogen-bond acceptors (Lipinski definition) is 7. The van der Waals surface area contributed by atoms with E-state index in [4.69, 9.17) is 28.9 Å². The summed E-state index contributed by atoms with van der Waals surface area (Å²) < 4.78 is -1.69. The molecule has 0 saturated carbocycles. The third-order valence-corrected chi connectivity index (χ3v) is 5.27. The van der Waals surface area contributed by atoms with Crippen LogP contribution in [0.1, 0.15) is 27.4 Å².